The third-order valence-corrected chi connectivity index (χ3v) is 4.23. The van der Waals surface area contributed by atoms with Crippen molar-refractivity contribution in [1.29, 1.82) is 0 Å². The van der Waals surface area contributed by atoms with Crippen LogP contribution in [0.15, 0.2) is 30.3 Å². The van der Waals surface area contributed by atoms with E-state index < -0.39 is 0 Å². The van der Waals surface area contributed by atoms with Crippen molar-refractivity contribution in [2.24, 2.45) is 0 Å². The minimum absolute atomic E-state index is 0.462. The highest BCUT2D eigenvalue weighted by molar-refractivity contribution is 5.80. The first-order valence-electron chi connectivity index (χ1n) is 6.63. The number of rotatable bonds is 1. The Morgan fingerprint density at radius 3 is 2.76 bits per heavy atom. The average molecular weight is 229 g/mol. The van der Waals surface area contributed by atoms with Crippen LogP contribution in [-0.2, 0) is 4.79 Å². The number of benzene rings is 1. The summed E-state index contributed by atoms with van der Waals surface area (Å²) in [5, 5.41) is 0. The Hall–Kier alpha value is -1.15. The number of fused-ring (bicyclic) bond motifs is 1. The Morgan fingerprint density at radius 2 is 1.94 bits per heavy atom. The molecule has 2 saturated heterocycles. The standard InChI is InChI=1S/C15H19NO/c17-15-8-9-16-11-13(6-7-14(16)10-15)12-4-2-1-3-5-12/h1-5,13-14H,6-11H2/t13-,14-/m0/s1. The van der Waals surface area contributed by atoms with E-state index in [-0.39, 0.29) is 0 Å². The number of carbonyl (C=O) groups is 1. The van der Waals surface area contributed by atoms with Gasteiger partial charge in [0.1, 0.15) is 5.78 Å². The summed E-state index contributed by atoms with van der Waals surface area (Å²) < 4.78 is 0. The number of hydrogen-bond donors (Lipinski definition) is 0. The molecule has 0 bridgehead atoms. The molecular formula is C15H19NO. The van der Waals surface area contributed by atoms with E-state index >= 15 is 0 Å². The maximum Gasteiger partial charge on any atom is 0.135 e. The van der Waals surface area contributed by atoms with Gasteiger partial charge in [-0.1, -0.05) is 30.3 Å². The largest absolute Gasteiger partial charge is 0.300 e. The fourth-order valence-electron chi connectivity index (χ4n) is 3.24. The smallest absolute Gasteiger partial charge is 0.135 e. The van der Waals surface area contributed by atoms with E-state index in [0.29, 0.717) is 17.7 Å². The van der Waals surface area contributed by atoms with Gasteiger partial charge in [-0.25, -0.2) is 0 Å². The molecule has 0 amide bonds. The van der Waals surface area contributed by atoms with Crippen molar-refractivity contribution in [2.75, 3.05) is 13.1 Å². The molecule has 0 spiro atoms. The second-order valence-electron chi connectivity index (χ2n) is 5.33. The lowest BCUT2D eigenvalue weighted by molar-refractivity contribution is -0.124. The van der Waals surface area contributed by atoms with Crippen LogP contribution in [0, 0.1) is 0 Å². The molecule has 0 N–H and O–H groups in total. The number of ketones is 1. The number of nitrogens with zero attached hydrogens (tertiary/aromatic N) is 1. The van der Waals surface area contributed by atoms with Crippen LogP contribution in [0.3, 0.4) is 0 Å². The molecule has 3 rings (SSSR count). The Morgan fingerprint density at radius 1 is 1.12 bits per heavy atom. The summed E-state index contributed by atoms with van der Waals surface area (Å²) in [6, 6.07) is 11.3. The first kappa shape index (κ1) is 11.0. The van der Waals surface area contributed by atoms with Crippen LogP contribution in [0.4, 0.5) is 0 Å². The highest BCUT2D eigenvalue weighted by Crippen LogP contribution is 2.33. The van der Waals surface area contributed by atoms with Gasteiger partial charge in [0.05, 0.1) is 0 Å². The van der Waals surface area contributed by atoms with Crippen LogP contribution in [0.1, 0.15) is 37.2 Å². The molecule has 2 heteroatoms. The van der Waals surface area contributed by atoms with Crippen molar-refractivity contribution in [3.8, 4) is 0 Å². The number of carbonyl (C=O) groups excluding carboxylic acids is 1. The fourth-order valence-corrected chi connectivity index (χ4v) is 3.24. The van der Waals surface area contributed by atoms with Gasteiger partial charge in [0.25, 0.3) is 0 Å². The van der Waals surface area contributed by atoms with E-state index in [0.717, 1.165) is 25.9 Å². The molecular weight excluding hydrogens is 210 g/mol. The van der Waals surface area contributed by atoms with E-state index in [1.54, 1.807) is 0 Å². The lowest BCUT2D eigenvalue weighted by atomic mass is 9.84. The first-order chi connectivity index (χ1) is 8.33. The van der Waals surface area contributed by atoms with Crippen LogP contribution in [0.2, 0.25) is 0 Å². The van der Waals surface area contributed by atoms with Gasteiger partial charge >= 0.3 is 0 Å². The molecule has 2 fully saturated rings. The number of Topliss-reactive ketones (excluding diaryl/α,β-unsaturated/α-hetero) is 1. The van der Waals surface area contributed by atoms with Gasteiger partial charge in [0.2, 0.25) is 0 Å². The zero-order chi connectivity index (χ0) is 11.7. The SMILES string of the molecule is O=C1CCN2C[C@@H](c3ccccc3)CC[C@H]2C1. The first-order valence-corrected chi connectivity index (χ1v) is 6.63. The Balaban J connectivity index is 1.70. The van der Waals surface area contributed by atoms with Gasteiger partial charge in [-0.15, -0.1) is 0 Å². The second kappa shape index (κ2) is 4.61. The molecule has 2 aliphatic rings. The molecule has 1 aromatic carbocycles. The van der Waals surface area contributed by atoms with Crippen molar-refractivity contribution in [2.45, 2.75) is 37.6 Å². The normalized spacial score (nSPS) is 30.0. The summed E-state index contributed by atoms with van der Waals surface area (Å²) in [7, 11) is 0. The zero-order valence-corrected chi connectivity index (χ0v) is 10.1. The Kier molecular flexibility index (Phi) is 2.98. The lowest BCUT2D eigenvalue weighted by Crippen LogP contribution is -2.47. The molecule has 0 saturated carbocycles. The van der Waals surface area contributed by atoms with Gasteiger partial charge in [-0.2, -0.15) is 0 Å². The number of piperidine rings is 2. The predicted octanol–water partition coefficient (Wildman–Crippen LogP) is 2.60. The summed E-state index contributed by atoms with van der Waals surface area (Å²) in [5.41, 5.74) is 1.46. The molecule has 0 radical (unpaired) electrons. The summed E-state index contributed by atoms with van der Waals surface area (Å²) in [4.78, 5) is 14.0. The molecule has 0 unspecified atom stereocenters. The molecule has 2 nitrogen and oxygen atoms in total. The van der Waals surface area contributed by atoms with Gasteiger partial charge in [0, 0.05) is 32.0 Å². The molecule has 2 aliphatic heterocycles. The highest BCUT2D eigenvalue weighted by atomic mass is 16.1. The summed E-state index contributed by atoms with van der Waals surface area (Å²) in [6.45, 7) is 2.12. The second-order valence-corrected chi connectivity index (χ2v) is 5.33. The predicted molar refractivity (Wildman–Crippen MR) is 68.0 cm³/mol. The third-order valence-electron chi connectivity index (χ3n) is 4.23. The zero-order valence-electron chi connectivity index (χ0n) is 10.1. The average Bonchev–Trinajstić information content (AvgIpc) is 2.39. The molecule has 0 aromatic heterocycles. The monoisotopic (exact) mass is 229 g/mol. The maximum atomic E-state index is 11.4. The van der Waals surface area contributed by atoms with Crippen molar-refractivity contribution >= 4 is 5.78 Å². The minimum atomic E-state index is 0.462. The van der Waals surface area contributed by atoms with Crippen LogP contribution in [-0.4, -0.2) is 29.8 Å². The topological polar surface area (TPSA) is 20.3 Å². The Bertz CT molecular complexity index is 401. The lowest BCUT2D eigenvalue weighted by Gasteiger charge is -2.42. The van der Waals surface area contributed by atoms with Gasteiger partial charge in [-0.05, 0) is 24.3 Å². The van der Waals surface area contributed by atoms with Gasteiger partial charge in [0.15, 0.2) is 0 Å². The minimum Gasteiger partial charge on any atom is -0.300 e. The molecule has 1 aromatic rings. The number of hydrogen-bond acceptors (Lipinski definition) is 2. The van der Waals surface area contributed by atoms with Crippen LogP contribution < -0.4 is 0 Å². The Labute approximate surface area is 103 Å². The van der Waals surface area contributed by atoms with Crippen molar-refractivity contribution in [3.05, 3.63) is 35.9 Å². The summed E-state index contributed by atoms with van der Waals surface area (Å²) >= 11 is 0. The van der Waals surface area contributed by atoms with Crippen LogP contribution in [0.5, 0.6) is 0 Å². The molecule has 2 heterocycles. The van der Waals surface area contributed by atoms with Crippen molar-refractivity contribution < 1.29 is 4.79 Å². The van der Waals surface area contributed by atoms with Crippen LogP contribution >= 0.6 is 0 Å². The van der Waals surface area contributed by atoms with Crippen molar-refractivity contribution in [1.82, 2.24) is 4.90 Å². The molecule has 0 aliphatic carbocycles. The third kappa shape index (κ3) is 2.27. The van der Waals surface area contributed by atoms with Crippen LogP contribution in [0.25, 0.3) is 0 Å². The van der Waals surface area contributed by atoms with E-state index in [1.165, 1.54) is 18.4 Å². The quantitative estimate of drug-likeness (QED) is 0.737. The highest BCUT2D eigenvalue weighted by Gasteiger charge is 2.33. The summed E-state index contributed by atoms with van der Waals surface area (Å²) in [5.74, 6) is 1.13. The van der Waals surface area contributed by atoms with Gasteiger partial charge < -0.3 is 0 Å². The van der Waals surface area contributed by atoms with E-state index in [9.17, 15) is 4.79 Å². The van der Waals surface area contributed by atoms with Gasteiger partial charge in [-0.3, -0.25) is 9.69 Å². The fraction of sp³-hybridized carbons (Fsp3) is 0.533. The molecule has 17 heavy (non-hydrogen) atoms. The summed E-state index contributed by atoms with van der Waals surface area (Å²) in [6.07, 6.45) is 3.98. The van der Waals surface area contributed by atoms with E-state index in [2.05, 4.69) is 35.2 Å². The maximum absolute atomic E-state index is 11.4. The van der Waals surface area contributed by atoms with E-state index in [4.69, 9.17) is 0 Å². The molecule has 2 atom stereocenters. The van der Waals surface area contributed by atoms with E-state index in [1.807, 2.05) is 0 Å². The van der Waals surface area contributed by atoms with Crippen molar-refractivity contribution in [3.63, 3.8) is 0 Å². The molecule has 90 valence electrons.